The summed E-state index contributed by atoms with van der Waals surface area (Å²) in [5.74, 6) is -0.367. The van der Waals surface area contributed by atoms with Gasteiger partial charge in [-0.15, -0.1) is 0 Å². The third-order valence-corrected chi connectivity index (χ3v) is 1.21. The van der Waals surface area contributed by atoms with E-state index in [0.29, 0.717) is 5.56 Å². The van der Waals surface area contributed by atoms with Crippen molar-refractivity contribution in [3.8, 4) is 6.19 Å². The van der Waals surface area contributed by atoms with Gasteiger partial charge in [-0.25, -0.2) is 0 Å². The molecule has 0 aromatic heterocycles. The standard InChI is InChI=1S/C8H6N2O.K.H/c9-6-10-8(11)7-4-2-1-3-5-7;;/h1-5H,(H,10,11);;/q;+1;-1. The van der Waals surface area contributed by atoms with Crippen LogP contribution in [0.4, 0.5) is 0 Å². The van der Waals surface area contributed by atoms with Gasteiger partial charge in [0.05, 0.1) is 0 Å². The maximum atomic E-state index is 10.9. The summed E-state index contributed by atoms with van der Waals surface area (Å²) in [4.78, 5) is 10.9. The molecule has 0 saturated carbocycles. The molecule has 0 atom stereocenters. The van der Waals surface area contributed by atoms with Crippen LogP contribution in [0, 0.1) is 11.5 Å². The minimum atomic E-state index is -0.367. The van der Waals surface area contributed by atoms with Crippen molar-refractivity contribution >= 4 is 5.91 Å². The maximum absolute atomic E-state index is 10.9. The molecule has 12 heavy (non-hydrogen) atoms. The Kier molecular flexibility index (Phi) is 6.25. The van der Waals surface area contributed by atoms with E-state index in [2.05, 4.69) is 0 Å². The van der Waals surface area contributed by atoms with Crippen molar-refractivity contribution in [3.05, 3.63) is 35.9 Å². The molecule has 0 aliphatic carbocycles. The monoisotopic (exact) mass is 186 g/mol. The zero-order chi connectivity index (χ0) is 8.10. The fourth-order valence-corrected chi connectivity index (χ4v) is 0.712. The summed E-state index contributed by atoms with van der Waals surface area (Å²) in [7, 11) is 0. The number of carbonyl (C=O) groups excluding carboxylic acids is 1. The van der Waals surface area contributed by atoms with Crippen molar-refractivity contribution in [1.29, 1.82) is 5.26 Å². The maximum Gasteiger partial charge on any atom is 1.00 e. The van der Waals surface area contributed by atoms with Gasteiger partial charge in [0, 0.05) is 5.56 Å². The molecule has 1 amide bonds. The first kappa shape index (κ1) is 11.8. The quantitative estimate of drug-likeness (QED) is 0.314. The fraction of sp³-hybridized carbons (Fsp3) is 0. The van der Waals surface area contributed by atoms with E-state index in [0.717, 1.165) is 0 Å². The Bertz CT molecular complexity index is 297. The molecule has 0 heterocycles. The van der Waals surface area contributed by atoms with E-state index in [1.54, 1.807) is 30.5 Å². The average Bonchev–Trinajstić information content (AvgIpc) is 2.07. The molecule has 0 radical (unpaired) electrons. The summed E-state index contributed by atoms with van der Waals surface area (Å²) >= 11 is 0. The number of nitriles is 1. The van der Waals surface area contributed by atoms with Gasteiger partial charge < -0.3 is 1.43 Å². The Hall–Kier alpha value is -0.184. The normalized spacial score (nSPS) is 7.58. The minimum Gasteiger partial charge on any atom is -1.00 e. The molecular formula is C8H7KN2O. The van der Waals surface area contributed by atoms with E-state index < -0.39 is 0 Å². The number of benzene rings is 1. The van der Waals surface area contributed by atoms with Crippen LogP contribution in [-0.4, -0.2) is 5.91 Å². The van der Waals surface area contributed by atoms with Gasteiger partial charge in [-0.2, -0.15) is 5.26 Å². The number of nitrogens with zero attached hydrogens (tertiary/aromatic N) is 1. The van der Waals surface area contributed by atoms with Crippen molar-refractivity contribution < 1.29 is 57.6 Å². The van der Waals surface area contributed by atoms with Crippen molar-refractivity contribution in [2.24, 2.45) is 0 Å². The van der Waals surface area contributed by atoms with Crippen LogP contribution in [-0.2, 0) is 0 Å². The van der Waals surface area contributed by atoms with Crippen molar-refractivity contribution in [2.45, 2.75) is 0 Å². The third-order valence-electron chi connectivity index (χ3n) is 1.21. The molecule has 56 valence electrons. The number of carbonyl (C=O) groups is 1. The topological polar surface area (TPSA) is 52.9 Å². The second kappa shape index (κ2) is 6.35. The number of hydrogen-bond donors (Lipinski definition) is 1. The first-order valence-corrected chi connectivity index (χ1v) is 3.09. The van der Waals surface area contributed by atoms with Gasteiger partial charge in [0.2, 0.25) is 0 Å². The van der Waals surface area contributed by atoms with Crippen molar-refractivity contribution in [3.63, 3.8) is 0 Å². The smallest absolute Gasteiger partial charge is 1.00 e. The summed E-state index contributed by atoms with van der Waals surface area (Å²) in [5.41, 5.74) is 0.494. The average molecular weight is 186 g/mol. The number of hydrogen-bond acceptors (Lipinski definition) is 2. The molecule has 1 N–H and O–H groups in total. The van der Waals surface area contributed by atoms with E-state index in [9.17, 15) is 4.79 Å². The summed E-state index contributed by atoms with van der Waals surface area (Å²) in [5, 5.41) is 10.1. The van der Waals surface area contributed by atoms with Crippen LogP contribution in [0.2, 0.25) is 0 Å². The van der Waals surface area contributed by atoms with Crippen LogP contribution in [0.15, 0.2) is 30.3 Å². The van der Waals surface area contributed by atoms with Crippen LogP contribution < -0.4 is 56.7 Å². The van der Waals surface area contributed by atoms with E-state index in [-0.39, 0.29) is 58.7 Å². The van der Waals surface area contributed by atoms with Crippen LogP contribution in [0.25, 0.3) is 0 Å². The van der Waals surface area contributed by atoms with E-state index in [1.807, 2.05) is 11.4 Å². The van der Waals surface area contributed by atoms with Crippen LogP contribution >= 0.6 is 0 Å². The van der Waals surface area contributed by atoms with Gasteiger partial charge in [-0.05, 0) is 12.1 Å². The number of nitrogens with one attached hydrogen (secondary N) is 1. The molecule has 0 spiro atoms. The Morgan fingerprint density at radius 3 is 2.50 bits per heavy atom. The van der Waals surface area contributed by atoms with Gasteiger partial charge in [0.15, 0.2) is 6.19 Å². The minimum absolute atomic E-state index is 0. The number of rotatable bonds is 1. The molecule has 1 aromatic rings. The predicted octanol–water partition coefficient (Wildman–Crippen LogP) is -1.99. The van der Waals surface area contributed by atoms with E-state index in [1.165, 1.54) is 0 Å². The number of amides is 1. The molecule has 0 aliphatic rings. The molecule has 1 rings (SSSR count). The van der Waals surface area contributed by atoms with Gasteiger partial charge in [-0.3, -0.25) is 10.1 Å². The molecule has 3 nitrogen and oxygen atoms in total. The summed E-state index contributed by atoms with van der Waals surface area (Å²) in [6.07, 6.45) is 1.57. The first-order chi connectivity index (χ1) is 5.34. The molecule has 0 unspecified atom stereocenters. The first-order valence-electron chi connectivity index (χ1n) is 3.09. The van der Waals surface area contributed by atoms with Gasteiger partial charge in [-0.1, -0.05) is 18.2 Å². The fourth-order valence-electron chi connectivity index (χ4n) is 0.712. The molecule has 0 saturated heterocycles. The predicted molar refractivity (Wildman–Crippen MR) is 40.6 cm³/mol. The zero-order valence-electron chi connectivity index (χ0n) is 7.74. The van der Waals surface area contributed by atoms with Crippen molar-refractivity contribution in [2.75, 3.05) is 0 Å². The summed E-state index contributed by atoms with van der Waals surface area (Å²) in [6, 6.07) is 8.58. The van der Waals surface area contributed by atoms with E-state index in [4.69, 9.17) is 5.26 Å². The molecule has 4 heteroatoms. The Labute approximate surface area is 115 Å². The third kappa shape index (κ3) is 3.48. The second-order valence-corrected chi connectivity index (χ2v) is 1.93. The summed E-state index contributed by atoms with van der Waals surface area (Å²) in [6.45, 7) is 0. The molecule has 1 aromatic carbocycles. The van der Waals surface area contributed by atoms with Gasteiger partial charge in [0.1, 0.15) is 0 Å². The van der Waals surface area contributed by atoms with E-state index >= 15 is 0 Å². The Morgan fingerprint density at radius 1 is 1.42 bits per heavy atom. The molecule has 0 fully saturated rings. The summed E-state index contributed by atoms with van der Waals surface area (Å²) < 4.78 is 0. The molecular weight excluding hydrogens is 179 g/mol. The zero-order valence-corrected chi connectivity index (χ0v) is 9.87. The molecule has 0 bridgehead atoms. The van der Waals surface area contributed by atoms with Crippen LogP contribution in [0.5, 0.6) is 0 Å². The Balaban J connectivity index is 0. The Morgan fingerprint density at radius 2 is 2.00 bits per heavy atom. The van der Waals surface area contributed by atoms with Crippen LogP contribution in [0.1, 0.15) is 11.8 Å². The van der Waals surface area contributed by atoms with Crippen LogP contribution in [0.3, 0.4) is 0 Å². The molecule has 0 aliphatic heterocycles. The van der Waals surface area contributed by atoms with Crippen molar-refractivity contribution in [1.82, 2.24) is 5.32 Å². The van der Waals surface area contributed by atoms with Gasteiger partial charge >= 0.3 is 51.4 Å². The van der Waals surface area contributed by atoms with Gasteiger partial charge in [0.25, 0.3) is 5.91 Å². The largest absolute Gasteiger partial charge is 1.00 e. The second-order valence-electron chi connectivity index (χ2n) is 1.93. The SMILES string of the molecule is N#CNC(=O)c1ccccc1.[H-].[K+].